The molecule has 0 unspecified atom stereocenters. The van der Waals surface area contributed by atoms with Crippen LogP contribution in [-0.4, -0.2) is 9.13 Å². The van der Waals surface area contributed by atoms with Gasteiger partial charge in [-0.15, -0.1) is 0 Å². The molecule has 10 aromatic rings. The fraction of sp³-hybridized carbons (Fsp3) is 0. The summed E-state index contributed by atoms with van der Waals surface area (Å²) in [5, 5.41) is 15.4. The molecule has 0 spiro atoms. The quantitative estimate of drug-likeness (QED) is 0.176. The zero-order chi connectivity index (χ0) is 36.3. The number of rotatable bonds is 5. The molecule has 0 atom stereocenters. The Morgan fingerprint density at radius 1 is 0.389 bits per heavy atom. The van der Waals surface area contributed by atoms with Crippen LogP contribution in [0.15, 0.2) is 176 Å². The van der Waals surface area contributed by atoms with Crippen molar-refractivity contribution >= 4 is 43.6 Å². The minimum Gasteiger partial charge on any atom is -0.308 e. The Bertz CT molecular complexity index is 2950. The van der Waals surface area contributed by atoms with Crippen LogP contribution in [0.3, 0.4) is 0 Å². The largest absolute Gasteiger partial charge is 0.308 e. The summed E-state index contributed by atoms with van der Waals surface area (Å²) in [5.74, 6) is -1.34. The first-order valence-electron chi connectivity index (χ1n) is 17.8. The van der Waals surface area contributed by atoms with Crippen LogP contribution < -0.4 is 0 Å². The van der Waals surface area contributed by atoms with E-state index in [4.69, 9.17) is 0 Å². The molecule has 0 bridgehead atoms. The van der Waals surface area contributed by atoms with Crippen LogP contribution in [0.1, 0.15) is 5.56 Å². The molecule has 8 aromatic carbocycles. The first kappa shape index (κ1) is 31.4. The summed E-state index contributed by atoms with van der Waals surface area (Å²) >= 11 is 0. The van der Waals surface area contributed by atoms with Crippen molar-refractivity contribution in [2.75, 3.05) is 0 Å². The van der Waals surface area contributed by atoms with Crippen molar-refractivity contribution in [2.45, 2.75) is 0 Å². The van der Waals surface area contributed by atoms with E-state index in [1.807, 2.05) is 72.8 Å². The summed E-state index contributed by atoms with van der Waals surface area (Å²) in [5.41, 5.74) is 10.2. The Hall–Kier alpha value is -7.29. The molecule has 0 aliphatic carbocycles. The van der Waals surface area contributed by atoms with Crippen LogP contribution in [0.4, 0.5) is 8.78 Å². The van der Waals surface area contributed by atoms with Crippen LogP contribution in [0.2, 0.25) is 0 Å². The highest BCUT2D eigenvalue weighted by molar-refractivity contribution is 6.12. The van der Waals surface area contributed by atoms with Gasteiger partial charge < -0.3 is 9.13 Å². The predicted octanol–water partition coefficient (Wildman–Crippen LogP) is 13.0. The van der Waals surface area contributed by atoms with Gasteiger partial charge in [0.25, 0.3) is 0 Å². The summed E-state index contributed by atoms with van der Waals surface area (Å²) in [7, 11) is 0. The fourth-order valence-electron chi connectivity index (χ4n) is 8.04. The SMILES string of the molecule is N#Cc1c(-n2c3ccccc3c3ccc(-c4ccccc4)cc32)cc(-c2ccc(F)cc2F)cc1-n1c2ccccc2c2ccc(-c3ccccc3)cc21. The van der Waals surface area contributed by atoms with Gasteiger partial charge in [-0.25, -0.2) is 8.78 Å². The van der Waals surface area contributed by atoms with Crippen molar-refractivity contribution in [1.82, 2.24) is 9.13 Å². The highest BCUT2D eigenvalue weighted by Gasteiger charge is 2.24. The van der Waals surface area contributed by atoms with Crippen LogP contribution in [-0.2, 0) is 0 Å². The van der Waals surface area contributed by atoms with Crippen LogP contribution in [0.5, 0.6) is 0 Å². The predicted molar refractivity (Wildman–Crippen MR) is 216 cm³/mol. The topological polar surface area (TPSA) is 33.6 Å². The molecule has 0 fully saturated rings. The molecule has 5 heteroatoms. The van der Waals surface area contributed by atoms with Crippen molar-refractivity contribution in [3.05, 3.63) is 193 Å². The number of nitrogens with zero attached hydrogens (tertiary/aromatic N) is 3. The molecule has 3 nitrogen and oxygen atoms in total. The second-order valence-corrected chi connectivity index (χ2v) is 13.5. The van der Waals surface area contributed by atoms with Gasteiger partial charge in [-0.05, 0) is 76.3 Å². The Morgan fingerprint density at radius 3 is 1.33 bits per heavy atom. The molecule has 0 aliphatic heterocycles. The van der Waals surface area contributed by atoms with E-state index < -0.39 is 11.6 Å². The van der Waals surface area contributed by atoms with Gasteiger partial charge in [0, 0.05) is 33.2 Å². The lowest BCUT2D eigenvalue weighted by molar-refractivity contribution is 0.585. The second-order valence-electron chi connectivity index (χ2n) is 13.5. The van der Waals surface area contributed by atoms with Crippen molar-refractivity contribution in [1.29, 1.82) is 5.26 Å². The smallest absolute Gasteiger partial charge is 0.133 e. The van der Waals surface area contributed by atoms with Gasteiger partial charge in [0.1, 0.15) is 23.3 Å². The van der Waals surface area contributed by atoms with E-state index in [9.17, 15) is 9.65 Å². The number of benzene rings is 8. The average Bonchev–Trinajstić information content (AvgIpc) is 3.73. The number of halogens is 2. The van der Waals surface area contributed by atoms with E-state index in [1.54, 1.807) is 0 Å². The Kier molecular flexibility index (Phi) is 7.24. The molecule has 0 saturated heterocycles. The van der Waals surface area contributed by atoms with Gasteiger partial charge in [0.05, 0.1) is 33.4 Å². The number of hydrogen-bond donors (Lipinski definition) is 0. The third-order valence-electron chi connectivity index (χ3n) is 10.5. The van der Waals surface area contributed by atoms with Gasteiger partial charge in [-0.3, -0.25) is 0 Å². The van der Waals surface area contributed by atoms with Gasteiger partial charge in [0.15, 0.2) is 0 Å². The maximum atomic E-state index is 15.8. The molecular weight excluding hydrogens is 669 g/mol. The third kappa shape index (κ3) is 4.92. The Balaban J connectivity index is 1.36. The lowest BCUT2D eigenvalue weighted by atomic mass is 9.99. The molecule has 54 heavy (non-hydrogen) atoms. The van der Waals surface area contributed by atoms with Crippen molar-refractivity contribution < 1.29 is 8.78 Å². The van der Waals surface area contributed by atoms with E-state index in [0.717, 1.165) is 71.9 Å². The molecule has 0 aliphatic rings. The zero-order valence-corrected chi connectivity index (χ0v) is 28.8. The molecule has 0 saturated carbocycles. The number of hydrogen-bond acceptors (Lipinski definition) is 1. The fourth-order valence-corrected chi connectivity index (χ4v) is 8.04. The van der Waals surface area contributed by atoms with Crippen LogP contribution >= 0.6 is 0 Å². The summed E-state index contributed by atoms with van der Waals surface area (Å²) < 4.78 is 34.4. The van der Waals surface area contributed by atoms with Crippen molar-refractivity contribution in [3.63, 3.8) is 0 Å². The molecule has 10 rings (SSSR count). The number of fused-ring (bicyclic) bond motifs is 6. The van der Waals surface area contributed by atoms with Crippen molar-refractivity contribution in [2.24, 2.45) is 0 Å². The third-order valence-corrected chi connectivity index (χ3v) is 10.5. The highest BCUT2D eigenvalue weighted by atomic mass is 19.1. The summed E-state index contributed by atoms with van der Waals surface area (Å²) in [6.07, 6.45) is 0. The lowest BCUT2D eigenvalue weighted by Crippen LogP contribution is -2.05. The first-order valence-corrected chi connectivity index (χ1v) is 17.8. The van der Waals surface area contributed by atoms with Gasteiger partial charge in [-0.1, -0.05) is 121 Å². The minimum atomic E-state index is -0.682. The minimum absolute atomic E-state index is 0.236. The standard InChI is InChI=1S/C49H29F2N3/c50-36-21-24-37(43(51)29-36)35-27-48(53-44-17-9-7-15-38(44)40-22-19-33(25-46(40)53)31-11-3-1-4-12-31)42(30-52)49(28-35)54-45-18-10-8-16-39(45)41-23-20-34(26-47(41)54)32-13-5-2-6-14-32/h1-29H. The second kappa shape index (κ2) is 12.4. The maximum absolute atomic E-state index is 15.8. The van der Waals surface area contributed by atoms with E-state index in [1.165, 1.54) is 12.1 Å². The van der Waals surface area contributed by atoms with Crippen molar-refractivity contribution in [3.8, 4) is 50.8 Å². The van der Waals surface area contributed by atoms with E-state index in [2.05, 4.69) is 100 Å². The van der Waals surface area contributed by atoms with E-state index in [0.29, 0.717) is 22.5 Å². The molecule has 2 aromatic heterocycles. The number of para-hydroxylation sites is 2. The Labute approximate surface area is 309 Å². The molecule has 0 radical (unpaired) electrons. The van der Waals surface area contributed by atoms with Gasteiger partial charge >= 0.3 is 0 Å². The van der Waals surface area contributed by atoms with E-state index >= 15 is 4.39 Å². The zero-order valence-electron chi connectivity index (χ0n) is 28.8. The lowest BCUT2D eigenvalue weighted by Gasteiger charge is -2.19. The van der Waals surface area contributed by atoms with Crippen LogP contribution in [0.25, 0.3) is 88.4 Å². The normalized spacial score (nSPS) is 11.5. The molecular formula is C49H29F2N3. The highest BCUT2D eigenvalue weighted by Crippen LogP contribution is 2.42. The molecule has 0 amide bonds. The van der Waals surface area contributed by atoms with E-state index in [-0.39, 0.29) is 5.56 Å². The summed E-state index contributed by atoms with van der Waals surface area (Å²) in [6, 6.07) is 59.5. The average molecular weight is 698 g/mol. The summed E-state index contributed by atoms with van der Waals surface area (Å²) in [4.78, 5) is 0. The van der Waals surface area contributed by atoms with Gasteiger partial charge in [-0.2, -0.15) is 5.26 Å². The first-order chi connectivity index (χ1) is 26.6. The Morgan fingerprint density at radius 2 is 0.852 bits per heavy atom. The summed E-state index contributed by atoms with van der Waals surface area (Å²) in [6.45, 7) is 0. The monoisotopic (exact) mass is 697 g/mol. The number of nitriles is 1. The number of aromatic nitrogens is 2. The maximum Gasteiger partial charge on any atom is 0.133 e. The molecule has 254 valence electrons. The molecule has 2 heterocycles. The van der Waals surface area contributed by atoms with Crippen LogP contribution in [0, 0.1) is 23.0 Å². The van der Waals surface area contributed by atoms with Gasteiger partial charge in [0.2, 0.25) is 0 Å². The molecule has 0 N–H and O–H groups in total.